The SMILES string of the molecule is CCOc1ncc(Cl)cc1C(=O)NCC(C)(C)CC(=O)Nc1c(C)n(CCN(C)C)n(-c2ccccc2)c1=O. The second kappa shape index (κ2) is 12.9. The van der Waals surface area contributed by atoms with Gasteiger partial charge in [-0.15, -0.1) is 0 Å². The molecule has 0 spiro atoms. The van der Waals surface area contributed by atoms with E-state index in [1.807, 2.05) is 74.8 Å². The van der Waals surface area contributed by atoms with E-state index in [-0.39, 0.29) is 41.6 Å². The molecule has 2 N–H and O–H groups in total. The number of anilines is 1. The summed E-state index contributed by atoms with van der Waals surface area (Å²) in [5.41, 5.74) is 0.942. The molecule has 3 rings (SSSR count). The Morgan fingerprint density at radius 1 is 1.18 bits per heavy atom. The van der Waals surface area contributed by atoms with Crippen molar-refractivity contribution >= 4 is 29.1 Å². The van der Waals surface area contributed by atoms with Crippen molar-refractivity contribution in [3.8, 4) is 11.6 Å². The molecule has 0 aliphatic rings. The number of carbonyl (C=O) groups excluding carboxylic acids is 2. The number of hydrogen-bond donors (Lipinski definition) is 2. The predicted octanol–water partition coefficient (Wildman–Crippen LogP) is 3.74. The van der Waals surface area contributed by atoms with Crippen LogP contribution in [0.5, 0.6) is 5.88 Å². The van der Waals surface area contributed by atoms with Crippen LogP contribution in [-0.2, 0) is 11.3 Å². The Morgan fingerprint density at radius 3 is 2.51 bits per heavy atom. The van der Waals surface area contributed by atoms with Gasteiger partial charge in [-0.25, -0.2) is 9.67 Å². The number of nitrogens with zero attached hydrogens (tertiary/aromatic N) is 4. The third-order valence-corrected chi connectivity index (χ3v) is 6.34. The van der Waals surface area contributed by atoms with Gasteiger partial charge in [0.05, 0.1) is 29.6 Å². The van der Waals surface area contributed by atoms with E-state index < -0.39 is 11.3 Å². The van der Waals surface area contributed by atoms with E-state index in [0.29, 0.717) is 23.9 Å². The standard InChI is InChI=1S/C28H37ClN6O4/c1-7-39-26-22(15-20(29)17-30-26)25(37)31-18-28(3,4)16-23(36)32-24-19(2)34(14-13-33(5)6)35(27(24)38)21-11-9-8-10-12-21/h8-12,15,17H,7,13-14,16,18H2,1-6H3,(H,31,37)(H,32,36). The number of carbonyl (C=O) groups is 2. The molecule has 0 aliphatic heterocycles. The summed E-state index contributed by atoms with van der Waals surface area (Å²) in [5.74, 6) is -0.528. The molecule has 11 heteroatoms. The molecular weight excluding hydrogens is 520 g/mol. The lowest BCUT2D eigenvalue weighted by Gasteiger charge is -2.24. The number of ether oxygens (including phenoxy) is 1. The zero-order valence-corrected chi connectivity index (χ0v) is 24.1. The molecule has 0 bridgehead atoms. The fourth-order valence-electron chi connectivity index (χ4n) is 4.12. The van der Waals surface area contributed by atoms with Gasteiger partial charge in [0.25, 0.3) is 11.5 Å². The zero-order valence-electron chi connectivity index (χ0n) is 23.4. The first-order chi connectivity index (χ1) is 18.4. The van der Waals surface area contributed by atoms with Gasteiger partial charge in [-0.1, -0.05) is 43.6 Å². The van der Waals surface area contributed by atoms with E-state index in [4.69, 9.17) is 16.3 Å². The van der Waals surface area contributed by atoms with Crippen molar-refractivity contribution in [3.63, 3.8) is 0 Å². The molecule has 0 radical (unpaired) electrons. The Labute approximate surface area is 233 Å². The highest BCUT2D eigenvalue weighted by atomic mass is 35.5. The van der Waals surface area contributed by atoms with Crippen molar-refractivity contribution in [2.75, 3.05) is 39.1 Å². The maximum Gasteiger partial charge on any atom is 0.295 e. The lowest BCUT2D eigenvalue weighted by Crippen LogP contribution is -2.37. The Hall–Kier alpha value is -3.63. The minimum Gasteiger partial charge on any atom is -0.477 e. The van der Waals surface area contributed by atoms with E-state index in [9.17, 15) is 14.4 Å². The van der Waals surface area contributed by atoms with Crippen LogP contribution >= 0.6 is 11.6 Å². The summed E-state index contributed by atoms with van der Waals surface area (Å²) < 4.78 is 8.92. The molecular formula is C28H37ClN6O4. The summed E-state index contributed by atoms with van der Waals surface area (Å²) in [6.07, 6.45) is 1.49. The molecule has 3 aromatic rings. The van der Waals surface area contributed by atoms with Gasteiger partial charge in [0, 0.05) is 25.7 Å². The van der Waals surface area contributed by atoms with Crippen molar-refractivity contribution in [1.29, 1.82) is 0 Å². The van der Waals surface area contributed by atoms with Gasteiger partial charge in [0.1, 0.15) is 11.3 Å². The average Bonchev–Trinajstić information content (AvgIpc) is 3.11. The fourth-order valence-corrected chi connectivity index (χ4v) is 4.28. The molecule has 2 amide bonds. The Kier molecular flexibility index (Phi) is 9.93. The Bertz CT molecular complexity index is 1360. The predicted molar refractivity (Wildman–Crippen MR) is 153 cm³/mol. The van der Waals surface area contributed by atoms with Crippen LogP contribution in [-0.4, -0.2) is 64.9 Å². The Morgan fingerprint density at radius 2 is 1.87 bits per heavy atom. The highest BCUT2D eigenvalue weighted by molar-refractivity contribution is 6.30. The lowest BCUT2D eigenvalue weighted by atomic mass is 9.88. The Balaban J connectivity index is 1.75. The number of halogens is 1. The number of rotatable bonds is 12. The molecule has 39 heavy (non-hydrogen) atoms. The van der Waals surface area contributed by atoms with Crippen LogP contribution in [0.2, 0.25) is 5.02 Å². The van der Waals surface area contributed by atoms with Crippen LogP contribution in [0.25, 0.3) is 5.69 Å². The first-order valence-electron chi connectivity index (χ1n) is 12.8. The minimum atomic E-state index is -0.614. The van der Waals surface area contributed by atoms with Crippen molar-refractivity contribution in [1.82, 2.24) is 24.6 Å². The van der Waals surface area contributed by atoms with Crippen molar-refractivity contribution in [2.45, 2.75) is 40.7 Å². The third kappa shape index (κ3) is 7.70. The third-order valence-electron chi connectivity index (χ3n) is 6.13. The molecule has 0 unspecified atom stereocenters. The molecule has 0 saturated carbocycles. The van der Waals surface area contributed by atoms with Crippen molar-refractivity contribution < 1.29 is 14.3 Å². The summed E-state index contributed by atoms with van der Waals surface area (Å²) in [7, 11) is 3.93. The number of pyridine rings is 1. The molecule has 2 heterocycles. The number of amides is 2. The fraction of sp³-hybridized carbons (Fsp3) is 0.429. The normalized spacial score (nSPS) is 11.5. The van der Waals surface area contributed by atoms with Gasteiger partial charge in [-0.3, -0.25) is 19.1 Å². The van der Waals surface area contributed by atoms with Crippen LogP contribution in [0.15, 0.2) is 47.4 Å². The summed E-state index contributed by atoms with van der Waals surface area (Å²) in [4.78, 5) is 45.6. The maximum absolute atomic E-state index is 13.5. The lowest BCUT2D eigenvalue weighted by molar-refractivity contribution is -0.118. The van der Waals surface area contributed by atoms with E-state index in [2.05, 4.69) is 15.6 Å². The maximum atomic E-state index is 13.5. The van der Waals surface area contributed by atoms with Gasteiger partial charge in [0.2, 0.25) is 11.8 Å². The van der Waals surface area contributed by atoms with E-state index in [1.165, 1.54) is 12.3 Å². The molecule has 0 aliphatic carbocycles. The van der Waals surface area contributed by atoms with Crippen LogP contribution in [0, 0.1) is 12.3 Å². The van der Waals surface area contributed by atoms with Crippen LogP contribution in [0.4, 0.5) is 5.69 Å². The first-order valence-corrected chi connectivity index (χ1v) is 13.2. The van der Waals surface area contributed by atoms with Gasteiger partial charge in [-0.05, 0) is 51.6 Å². The van der Waals surface area contributed by atoms with Crippen LogP contribution < -0.4 is 20.9 Å². The molecule has 1 aromatic carbocycles. The molecule has 0 atom stereocenters. The van der Waals surface area contributed by atoms with E-state index >= 15 is 0 Å². The number of hydrogen-bond acceptors (Lipinski definition) is 6. The van der Waals surface area contributed by atoms with Gasteiger partial charge < -0.3 is 20.3 Å². The monoisotopic (exact) mass is 556 g/mol. The van der Waals surface area contributed by atoms with Crippen molar-refractivity contribution in [3.05, 3.63) is 69.2 Å². The first kappa shape index (κ1) is 29.9. The largest absolute Gasteiger partial charge is 0.477 e. The summed E-state index contributed by atoms with van der Waals surface area (Å²) in [5, 5.41) is 6.00. The number of benzene rings is 1. The van der Waals surface area contributed by atoms with E-state index in [0.717, 1.165) is 12.2 Å². The second-order valence-electron chi connectivity index (χ2n) is 10.4. The molecule has 210 valence electrons. The number of aromatic nitrogens is 3. The van der Waals surface area contributed by atoms with Gasteiger partial charge in [-0.2, -0.15) is 0 Å². The summed E-state index contributed by atoms with van der Waals surface area (Å²) >= 11 is 6.03. The number of para-hydroxylation sites is 1. The number of likely N-dealkylation sites (N-methyl/N-ethyl adjacent to an activating group) is 1. The van der Waals surface area contributed by atoms with E-state index in [1.54, 1.807) is 11.6 Å². The summed E-state index contributed by atoms with van der Waals surface area (Å²) in [6.45, 7) is 9.19. The molecule has 0 saturated heterocycles. The molecule has 10 nitrogen and oxygen atoms in total. The number of nitrogens with one attached hydrogen (secondary N) is 2. The van der Waals surface area contributed by atoms with Gasteiger partial charge in [0.15, 0.2) is 0 Å². The second-order valence-corrected chi connectivity index (χ2v) is 10.8. The molecule has 0 fully saturated rings. The quantitative estimate of drug-likeness (QED) is 0.352. The zero-order chi connectivity index (χ0) is 28.7. The average molecular weight is 557 g/mol. The molecule has 2 aromatic heterocycles. The highest BCUT2D eigenvalue weighted by Crippen LogP contribution is 2.23. The van der Waals surface area contributed by atoms with Crippen LogP contribution in [0.1, 0.15) is 43.2 Å². The summed E-state index contributed by atoms with van der Waals surface area (Å²) in [6, 6.07) is 10.8. The minimum absolute atomic E-state index is 0.0759. The van der Waals surface area contributed by atoms with Gasteiger partial charge >= 0.3 is 0 Å². The highest BCUT2D eigenvalue weighted by Gasteiger charge is 2.27. The smallest absolute Gasteiger partial charge is 0.295 e. The van der Waals surface area contributed by atoms with Crippen molar-refractivity contribution in [2.24, 2.45) is 5.41 Å². The van der Waals surface area contributed by atoms with Crippen LogP contribution in [0.3, 0.4) is 0 Å². The topological polar surface area (TPSA) is 110 Å².